The molecule has 0 bridgehead atoms. The van der Waals surface area contributed by atoms with Gasteiger partial charge in [0.15, 0.2) is 0 Å². The lowest BCUT2D eigenvalue weighted by Crippen LogP contribution is -2.41. The number of hydrogen-bond donors (Lipinski definition) is 3. The van der Waals surface area contributed by atoms with Gasteiger partial charge in [0.1, 0.15) is 23.4 Å². The number of carbonyl (C=O) groups excluding carboxylic acids is 1. The average Bonchev–Trinajstić information content (AvgIpc) is 2.69. The molecule has 1 aliphatic heterocycles. The van der Waals surface area contributed by atoms with E-state index in [1.807, 2.05) is 0 Å². The Kier molecular flexibility index (Phi) is 5.67. The fraction of sp³-hybridized carbons (Fsp3) is 0.200. The molecule has 2 aromatic carbocycles. The Balaban J connectivity index is 2.18. The minimum atomic E-state index is -1.30. The van der Waals surface area contributed by atoms with Gasteiger partial charge in [-0.15, -0.1) is 0 Å². The summed E-state index contributed by atoms with van der Waals surface area (Å²) in [6, 6.07) is 8.36. The van der Waals surface area contributed by atoms with Gasteiger partial charge in [0.05, 0.1) is 26.0 Å². The maximum atomic E-state index is 14.7. The van der Waals surface area contributed by atoms with Gasteiger partial charge in [-0.2, -0.15) is 0 Å². The number of benzene rings is 2. The van der Waals surface area contributed by atoms with Crippen LogP contribution in [0.25, 0.3) is 11.1 Å². The average molecular weight is 405 g/mol. The molecule has 8 heteroatoms. The van der Waals surface area contributed by atoms with Gasteiger partial charge in [-0.05, 0) is 35.9 Å². The van der Waals surface area contributed by atoms with Gasteiger partial charge in [0, 0.05) is 16.1 Å². The van der Waals surface area contributed by atoms with Crippen LogP contribution in [-0.2, 0) is 9.53 Å². The lowest BCUT2D eigenvalue weighted by atomic mass is 9.88. The van der Waals surface area contributed by atoms with E-state index in [9.17, 15) is 14.3 Å². The molecule has 3 rings (SSSR count). The Morgan fingerprint density at radius 3 is 2.68 bits per heavy atom. The van der Waals surface area contributed by atoms with Crippen LogP contribution in [0.5, 0.6) is 5.75 Å². The van der Waals surface area contributed by atoms with Gasteiger partial charge in [0.2, 0.25) is 0 Å². The number of methoxy groups -OCH3 is 2. The normalized spacial score (nSPS) is 18.9. The van der Waals surface area contributed by atoms with Gasteiger partial charge < -0.3 is 25.3 Å². The first kappa shape index (κ1) is 19.9. The molecule has 0 saturated carbocycles. The number of hydrogen-bond acceptors (Lipinski definition) is 6. The molecule has 0 fully saturated rings. The van der Waals surface area contributed by atoms with Crippen molar-refractivity contribution in [3.63, 3.8) is 0 Å². The number of nitrogens with one attached hydrogen (secondary N) is 2. The third-order valence-corrected chi connectivity index (χ3v) is 4.68. The maximum Gasteiger partial charge on any atom is 0.353 e. The SMILES string of the molecule is COC(=O)C1=CC(O)C(=N)C(c2cccc(OC)c2-c2ccc(Cl)cc2F)N1. The number of halogens is 2. The third kappa shape index (κ3) is 3.58. The van der Waals surface area contributed by atoms with Crippen LogP contribution in [0.2, 0.25) is 5.02 Å². The second-order valence-corrected chi connectivity index (χ2v) is 6.53. The van der Waals surface area contributed by atoms with E-state index in [0.29, 0.717) is 16.9 Å². The Hall–Kier alpha value is -2.90. The molecule has 0 aromatic heterocycles. The summed E-state index contributed by atoms with van der Waals surface area (Å²) in [6.45, 7) is 0. The molecule has 2 unspecified atom stereocenters. The Morgan fingerprint density at radius 2 is 2.04 bits per heavy atom. The highest BCUT2D eigenvalue weighted by molar-refractivity contribution is 6.30. The molecule has 1 aliphatic rings. The molecule has 1 heterocycles. The van der Waals surface area contributed by atoms with Crippen LogP contribution in [0.4, 0.5) is 4.39 Å². The fourth-order valence-electron chi connectivity index (χ4n) is 3.12. The Morgan fingerprint density at radius 1 is 1.29 bits per heavy atom. The minimum absolute atomic E-state index is 0.0151. The van der Waals surface area contributed by atoms with E-state index in [1.54, 1.807) is 24.3 Å². The van der Waals surface area contributed by atoms with Crippen molar-refractivity contribution in [3.8, 4) is 16.9 Å². The van der Waals surface area contributed by atoms with E-state index in [-0.39, 0.29) is 22.0 Å². The summed E-state index contributed by atoms with van der Waals surface area (Å²) in [6.07, 6.45) is -0.0950. The molecule has 0 spiro atoms. The van der Waals surface area contributed by atoms with Gasteiger partial charge in [0.25, 0.3) is 0 Å². The first-order valence-electron chi connectivity index (χ1n) is 8.32. The number of aliphatic hydroxyl groups is 1. The fourth-order valence-corrected chi connectivity index (χ4v) is 3.28. The molecule has 146 valence electrons. The van der Waals surface area contributed by atoms with Gasteiger partial charge in [-0.25, -0.2) is 9.18 Å². The first-order chi connectivity index (χ1) is 13.4. The molecular weight excluding hydrogens is 387 g/mol. The highest BCUT2D eigenvalue weighted by atomic mass is 35.5. The minimum Gasteiger partial charge on any atom is -0.496 e. The van der Waals surface area contributed by atoms with E-state index >= 15 is 0 Å². The predicted octanol–water partition coefficient (Wildman–Crippen LogP) is 3.24. The molecule has 0 amide bonds. The van der Waals surface area contributed by atoms with Crippen LogP contribution in [0.1, 0.15) is 11.6 Å². The molecule has 2 atom stereocenters. The molecular formula is C20H18ClFN2O4. The number of esters is 1. The topological polar surface area (TPSA) is 91.6 Å². The highest BCUT2D eigenvalue weighted by Crippen LogP contribution is 2.40. The van der Waals surface area contributed by atoms with Crippen LogP contribution in [-0.4, -0.2) is 37.1 Å². The second kappa shape index (κ2) is 8.00. The first-order valence-corrected chi connectivity index (χ1v) is 8.70. The Bertz CT molecular complexity index is 977. The number of rotatable bonds is 4. The van der Waals surface area contributed by atoms with Crippen molar-refractivity contribution < 1.29 is 23.8 Å². The lowest BCUT2D eigenvalue weighted by molar-refractivity contribution is -0.136. The van der Waals surface area contributed by atoms with Gasteiger partial charge in [-0.3, -0.25) is 0 Å². The molecule has 0 saturated heterocycles. The molecule has 2 aromatic rings. The molecule has 0 aliphatic carbocycles. The van der Waals surface area contributed by atoms with Crippen molar-refractivity contribution in [1.82, 2.24) is 5.32 Å². The zero-order valence-electron chi connectivity index (χ0n) is 15.1. The van der Waals surface area contributed by atoms with Crippen molar-refractivity contribution in [1.29, 1.82) is 5.41 Å². The van der Waals surface area contributed by atoms with E-state index < -0.39 is 23.9 Å². The van der Waals surface area contributed by atoms with Crippen LogP contribution in [0, 0.1) is 11.2 Å². The lowest BCUT2D eigenvalue weighted by Gasteiger charge is -2.30. The molecule has 0 radical (unpaired) electrons. The van der Waals surface area contributed by atoms with E-state index in [0.717, 1.165) is 0 Å². The van der Waals surface area contributed by atoms with E-state index in [1.165, 1.54) is 32.4 Å². The largest absolute Gasteiger partial charge is 0.496 e. The predicted molar refractivity (Wildman–Crippen MR) is 103 cm³/mol. The molecule has 3 N–H and O–H groups in total. The summed E-state index contributed by atoms with van der Waals surface area (Å²) in [5.74, 6) is -0.875. The number of aliphatic hydroxyl groups excluding tert-OH is 1. The van der Waals surface area contributed by atoms with Crippen molar-refractivity contribution in [3.05, 3.63) is 64.6 Å². The van der Waals surface area contributed by atoms with Crippen molar-refractivity contribution in [2.45, 2.75) is 12.1 Å². The number of carbonyl (C=O) groups is 1. The Labute approximate surface area is 166 Å². The highest BCUT2D eigenvalue weighted by Gasteiger charge is 2.33. The van der Waals surface area contributed by atoms with Crippen molar-refractivity contribution >= 4 is 23.3 Å². The van der Waals surface area contributed by atoms with Crippen LogP contribution >= 0.6 is 11.6 Å². The summed E-state index contributed by atoms with van der Waals surface area (Å²) in [7, 11) is 2.66. The zero-order chi connectivity index (χ0) is 20.4. The smallest absolute Gasteiger partial charge is 0.353 e. The van der Waals surface area contributed by atoms with Crippen molar-refractivity contribution in [2.24, 2.45) is 0 Å². The summed E-state index contributed by atoms with van der Waals surface area (Å²) < 4.78 is 24.8. The maximum absolute atomic E-state index is 14.7. The van der Waals surface area contributed by atoms with E-state index in [4.69, 9.17) is 26.5 Å². The standard InChI is InChI=1S/C20H18ClFN2O4/c1-27-16-5-3-4-12(17(16)11-7-6-10(21)8-13(11)22)19-18(23)15(25)9-14(24-19)20(26)28-2/h3-9,15,19,23-25H,1-2H3. The number of ether oxygens (including phenoxy) is 2. The van der Waals surface area contributed by atoms with Crippen LogP contribution in [0.3, 0.4) is 0 Å². The van der Waals surface area contributed by atoms with Gasteiger partial charge in [-0.1, -0.05) is 23.7 Å². The quantitative estimate of drug-likeness (QED) is 0.680. The third-order valence-electron chi connectivity index (χ3n) is 4.45. The van der Waals surface area contributed by atoms with Gasteiger partial charge >= 0.3 is 5.97 Å². The summed E-state index contributed by atoms with van der Waals surface area (Å²) in [4.78, 5) is 11.9. The van der Waals surface area contributed by atoms with Crippen LogP contribution < -0.4 is 10.1 Å². The van der Waals surface area contributed by atoms with Crippen LogP contribution in [0.15, 0.2) is 48.2 Å². The summed E-state index contributed by atoms with van der Waals surface area (Å²) in [5, 5.41) is 21.7. The zero-order valence-corrected chi connectivity index (χ0v) is 15.9. The monoisotopic (exact) mass is 404 g/mol. The second-order valence-electron chi connectivity index (χ2n) is 6.10. The van der Waals surface area contributed by atoms with Crippen molar-refractivity contribution in [2.75, 3.05) is 14.2 Å². The molecule has 6 nitrogen and oxygen atoms in total. The molecule has 28 heavy (non-hydrogen) atoms. The van der Waals surface area contributed by atoms with E-state index in [2.05, 4.69) is 5.32 Å². The summed E-state index contributed by atoms with van der Waals surface area (Å²) in [5.41, 5.74) is 0.979. The summed E-state index contributed by atoms with van der Waals surface area (Å²) >= 11 is 5.87.